The number of piperazine rings is 1. The van der Waals surface area contributed by atoms with Crippen LogP contribution in [-0.4, -0.2) is 74.8 Å². The SMILES string of the molecule is C#Cc1c(C)ccc2cc(O)cc(Oc3nc4nc(CCC5(C#N)CCN(C)C5)nc(N5CC6CCC(C5)N6)c4n3C3CCC3)c12. The molecule has 236 valence electrons. The van der Waals surface area contributed by atoms with Crippen molar-refractivity contribution in [2.24, 2.45) is 5.41 Å². The molecule has 10 heteroatoms. The summed E-state index contributed by atoms with van der Waals surface area (Å²) in [5, 5.41) is 26.2. The number of phenolic OH excluding ortho intramolecular Hbond substituents is 1. The van der Waals surface area contributed by atoms with Gasteiger partial charge in [0.15, 0.2) is 11.5 Å². The largest absolute Gasteiger partial charge is 0.508 e. The number of imidazole rings is 1. The van der Waals surface area contributed by atoms with Gasteiger partial charge in [0.05, 0.1) is 11.5 Å². The number of hydrogen-bond acceptors (Lipinski definition) is 9. The molecule has 3 atom stereocenters. The van der Waals surface area contributed by atoms with Gasteiger partial charge in [0.1, 0.15) is 22.8 Å². The number of aromatic hydroxyl groups is 1. The molecule has 1 saturated carbocycles. The van der Waals surface area contributed by atoms with Gasteiger partial charge in [0.2, 0.25) is 0 Å². The zero-order valence-electron chi connectivity index (χ0n) is 26.6. The lowest BCUT2D eigenvalue weighted by molar-refractivity contribution is 0.287. The molecule has 2 aromatic heterocycles. The number of benzene rings is 2. The van der Waals surface area contributed by atoms with E-state index in [0.29, 0.717) is 42.3 Å². The molecule has 0 spiro atoms. The highest BCUT2D eigenvalue weighted by Crippen LogP contribution is 2.44. The molecule has 2 N–H and O–H groups in total. The molecule has 2 aromatic carbocycles. The Bertz CT molecular complexity index is 1920. The number of aryl methyl sites for hydroxylation is 2. The molecule has 1 aliphatic carbocycles. The first-order valence-electron chi connectivity index (χ1n) is 16.6. The summed E-state index contributed by atoms with van der Waals surface area (Å²) in [6.07, 6.45) is 13.7. The van der Waals surface area contributed by atoms with Crippen molar-refractivity contribution in [3.05, 3.63) is 41.2 Å². The van der Waals surface area contributed by atoms with Crippen LogP contribution in [0.25, 0.3) is 21.9 Å². The van der Waals surface area contributed by atoms with Crippen LogP contribution in [0.4, 0.5) is 5.82 Å². The lowest BCUT2D eigenvalue weighted by Gasteiger charge is -2.35. The van der Waals surface area contributed by atoms with E-state index in [4.69, 9.17) is 26.1 Å². The number of anilines is 1. The molecule has 46 heavy (non-hydrogen) atoms. The van der Waals surface area contributed by atoms with Crippen molar-refractivity contribution in [2.75, 3.05) is 38.1 Å². The van der Waals surface area contributed by atoms with Gasteiger partial charge in [0.25, 0.3) is 0 Å². The van der Waals surface area contributed by atoms with Crippen molar-refractivity contribution in [3.63, 3.8) is 0 Å². The van der Waals surface area contributed by atoms with Gasteiger partial charge in [-0.25, -0.2) is 9.97 Å². The maximum atomic E-state index is 10.7. The molecule has 8 rings (SSSR count). The van der Waals surface area contributed by atoms with E-state index in [1.165, 1.54) is 0 Å². The highest BCUT2D eigenvalue weighted by molar-refractivity contribution is 5.96. The average Bonchev–Trinajstić information content (AvgIpc) is 3.69. The molecule has 5 heterocycles. The minimum absolute atomic E-state index is 0.101. The van der Waals surface area contributed by atoms with Crippen molar-refractivity contribution >= 4 is 27.8 Å². The predicted octanol–water partition coefficient (Wildman–Crippen LogP) is 5.21. The standard InChI is InChI=1S/C36H40N8O2/c1-4-28-22(2)8-9-23-16-27(45)17-29(31(23)28)46-35-41-33-32(44(35)26-6-5-7-26)34(43-18-24-10-11-25(19-43)38-24)40-30(39-33)12-13-36(20-37)14-15-42(3)21-36/h1,8-9,16-17,24-26,38,45H,5-7,10-15,18-19,21H2,2-3H3. The minimum Gasteiger partial charge on any atom is -0.508 e. The molecular formula is C36H40N8O2. The fraction of sp³-hybridized carbons (Fsp3) is 0.500. The summed E-state index contributed by atoms with van der Waals surface area (Å²) in [6.45, 7) is 5.44. The number of terminal acetylenes is 1. The quantitative estimate of drug-likeness (QED) is 0.270. The summed E-state index contributed by atoms with van der Waals surface area (Å²) in [7, 11) is 2.08. The van der Waals surface area contributed by atoms with Crippen LogP contribution >= 0.6 is 0 Å². The second-order valence-corrected chi connectivity index (χ2v) is 14.0. The molecule has 2 bridgehead atoms. The van der Waals surface area contributed by atoms with Gasteiger partial charge in [-0.2, -0.15) is 10.2 Å². The van der Waals surface area contributed by atoms with Crippen LogP contribution in [0.3, 0.4) is 0 Å². The average molecular weight is 617 g/mol. The normalized spacial score (nSPS) is 24.7. The van der Waals surface area contributed by atoms with E-state index in [1.54, 1.807) is 12.1 Å². The number of rotatable bonds is 7. The maximum absolute atomic E-state index is 10.7. The van der Waals surface area contributed by atoms with Crippen molar-refractivity contribution in [1.29, 1.82) is 5.26 Å². The zero-order chi connectivity index (χ0) is 31.6. The summed E-state index contributed by atoms with van der Waals surface area (Å²) < 4.78 is 8.92. The number of likely N-dealkylation sites (tertiary alicyclic amines) is 1. The fourth-order valence-corrected chi connectivity index (χ4v) is 8.03. The topological polar surface area (TPSA) is 115 Å². The Balaban J connectivity index is 1.27. The maximum Gasteiger partial charge on any atom is 0.304 e. The molecule has 0 radical (unpaired) electrons. The van der Waals surface area contributed by atoms with E-state index in [0.717, 1.165) is 104 Å². The number of ether oxygens (including phenoxy) is 1. The lowest BCUT2D eigenvalue weighted by atomic mass is 9.84. The Kier molecular flexibility index (Phi) is 7.04. The Morgan fingerprint density at radius 1 is 1.13 bits per heavy atom. The third-order valence-electron chi connectivity index (χ3n) is 10.7. The van der Waals surface area contributed by atoms with Crippen LogP contribution in [0.5, 0.6) is 17.5 Å². The number of phenols is 1. The molecule has 4 fully saturated rings. The highest BCUT2D eigenvalue weighted by atomic mass is 16.5. The van der Waals surface area contributed by atoms with E-state index < -0.39 is 0 Å². The highest BCUT2D eigenvalue weighted by Gasteiger charge is 2.39. The number of fused-ring (bicyclic) bond motifs is 4. The number of nitrogens with zero attached hydrogens (tertiary/aromatic N) is 7. The molecule has 10 nitrogen and oxygen atoms in total. The van der Waals surface area contributed by atoms with E-state index in [2.05, 4.69) is 38.7 Å². The van der Waals surface area contributed by atoms with Crippen molar-refractivity contribution in [1.82, 2.24) is 29.7 Å². The second kappa shape index (κ2) is 11.2. The van der Waals surface area contributed by atoms with Gasteiger partial charge in [-0.3, -0.25) is 4.57 Å². The van der Waals surface area contributed by atoms with Gasteiger partial charge in [-0.05, 0) is 82.5 Å². The van der Waals surface area contributed by atoms with E-state index >= 15 is 0 Å². The third kappa shape index (κ3) is 4.92. The van der Waals surface area contributed by atoms with Crippen LogP contribution in [-0.2, 0) is 6.42 Å². The Morgan fingerprint density at radius 2 is 1.93 bits per heavy atom. The third-order valence-corrected chi connectivity index (χ3v) is 10.7. The number of nitrogens with one attached hydrogen (secondary N) is 1. The molecule has 3 aliphatic heterocycles. The van der Waals surface area contributed by atoms with Crippen LogP contribution < -0.4 is 15.0 Å². The van der Waals surface area contributed by atoms with Gasteiger partial charge in [0, 0.05) is 61.2 Å². The minimum atomic E-state index is -0.385. The van der Waals surface area contributed by atoms with E-state index in [1.807, 2.05) is 19.1 Å². The van der Waals surface area contributed by atoms with Gasteiger partial charge >= 0.3 is 6.01 Å². The summed E-state index contributed by atoms with van der Waals surface area (Å²) in [4.78, 5) is 20.0. The van der Waals surface area contributed by atoms with Gasteiger partial charge < -0.3 is 25.0 Å². The first-order valence-corrected chi connectivity index (χ1v) is 16.6. The van der Waals surface area contributed by atoms with Crippen LogP contribution in [0.15, 0.2) is 24.3 Å². The molecule has 4 aromatic rings. The Hall–Kier alpha value is -4.38. The first kappa shape index (κ1) is 29.1. The van der Waals surface area contributed by atoms with Crippen molar-refractivity contribution < 1.29 is 9.84 Å². The fourth-order valence-electron chi connectivity index (χ4n) is 8.03. The number of aromatic nitrogens is 4. The summed E-state index contributed by atoms with van der Waals surface area (Å²) >= 11 is 0. The van der Waals surface area contributed by atoms with Crippen LogP contribution in [0, 0.1) is 36.0 Å². The summed E-state index contributed by atoms with van der Waals surface area (Å²) in [5.41, 5.74) is 2.83. The summed E-state index contributed by atoms with van der Waals surface area (Å²) in [6, 6.07) is 11.4. The molecule has 3 saturated heterocycles. The van der Waals surface area contributed by atoms with Crippen LogP contribution in [0.1, 0.15) is 67.9 Å². The Labute approximate surface area is 269 Å². The predicted molar refractivity (Wildman–Crippen MR) is 177 cm³/mol. The number of nitriles is 1. The summed E-state index contributed by atoms with van der Waals surface area (Å²) in [5.74, 6) is 5.04. The first-order chi connectivity index (χ1) is 22.3. The van der Waals surface area contributed by atoms with Crippen molar-refractivity contribution in [2.45, 2.75) is 76.4 Å². The van der Waals surface area contributed by atoms with E-state index in [-0.39, 0.29) is 17.2 Å². The van der Waals surface area contributed by atoms with E-state index in [9.17, 15) is 10.4 Å². The van der Waals surface area contributed by atoms with Gasteiger partial charge in [-0.15, -0.1) is 6.42 Å². The zero-order valence-corrected chi connectivity index (χ0v) is 26.6. The van der Waals surface area contributed by atoms with Gasteiger partial charge in [-0.1, -0.05) is 18.1 Å². The molecular weight excluding hydrogens is 576 g/mol. The van der Waals surface area contributed by atoms with Crippen molar-refractivity contribution in [3.8, 4) is 35.9 Å². The smallest absolute Gasteiger partial charge is 0.304 e. The molecule has 4 aliphatic rings. The molecule has 3 unspecified atom stereocenters. The lowest BCUT2D eigenvalue weighted by Crippen LogP contribution is -2.51. The number of hydrogen-bond donors (Lipinski definition) is 2. The monoisotopic (exact) mass is 616 g/mol. The molecule has 0 amide bonds. The second-order valence-electron chi connectivity index (χ2n) is 14.0. The Morgan fingerprint density at radius 3 is 2.61 bits per heavy atom. The van der Waals surface area contributed by atoms with Crippen LogP contribution in [0.2, 0.25) is 0 Å².